The van der Waals surface area contributed by atoms with Crippen molar-refractivity contribution in [3.05, 3.63) is 18.2 Å². The van der Waals surface area contributed by atoms with Crippen LogP contribution < -0.4 is 21.7 Å². The van der Waals surface area contributed by atoms with Gasteiger partial charge in [-0.1, -0.05) is 0 Å². The SMILES string of the molecule is NC(CO)C(=O)NC(CC(=O)O)C(=O)NC(Cc1cnc[nH]1)C(=O)NC(CC(=O)O)C(=O)O. The summed E-state index contributed by atoms with van der Waals surface area (Å²) in [6, 6.07) is -6.45. The molecule has 0 saturated heterocycles. The normalized spacial score (nSPS) is 14.2. The molecule has 3 amide bonds. The van der Waals surface area contributed by atoms with Crippen LogP contribution in [0.2, 0.25) is 0 Å². The molecule has 0 fully saturated rings. The zero-order chi connectivity index (χ0) is 25.1. The number of aromatic amines is 1. The van der Waals surface area contributed by atoms with Crippen LogP contribution in [-0.4, -0.2) is 96.8 Å². The second-order valence-electron chi connectivity index (χ2n) is 6.79. The van der Waals surface area contributed by atoms with Gasteiger partial charge in [0.2, 0.25) is 17.7 Å². The van der Waals surface area contributed by atoms with E-state index in [1.54, 1.807) is 0 Å². The predicted molar refractivity (Wildman–Crippen MR) is 105 cm³/mol. The average molecular weight is 472 g/mol. The van der Waals surface area contributed by atoms with Gasteiger partial charge >= 0.3 is 17.9 Å². The van der Waals surface area contributed by atoms with E-state index in [0.29, 0.717) is 5.69 Å². The molecule has 16 nitrogen and oxygen atoms in total. The first kappa shape index (κ1) is 27.0. The Kier molecular flexibility index (Phi) is 10.4. The van der Waals surface area contributed by atoms with E-state index >= 15 is 0 Å². The first-order valence-electron chi connectivity index (χ1n) is 9.35. The van der Waals surface area contributed by atoms with Gasteiger partial charge in [0.05, 0.1) is 25.8 Å². The summed E-state index contributed by atoms with van der Waals surface area (Å²) in [7, 11) is 0. The van der Waals surface area contributed by atoms with Gasteiger partial charge in [0.25, 0.3) is 0 Å². The largest absolute Gasteiger partial charge is 0.481 e. The summed E-state index contributed by atoms with van der Waals surface area (Å²) in [6.45, 7) is -0.780. The van der Waals surface area contributed by atoms with Crippen molar-refractivity contribution >= 4 is 35.6 Å². The molecule has 0 bridgehead atoms. The van der Waals surface area contributed by atoms with Gasteiger partial charge in [-0.25, -0.2) is 9.78 Å². The van der Waals surface area contributed by atoms with Crippen LogP contribution in [0.3, 0.4) is 0 Å². The van der Waals surface area contributed by atoms with Crippen LogP contribution in [0.1, 0.15) is 18.5 Å². The maximum absolute atomic E-state index is 12.7. The first-order valence-corrected chi connectivity index (χ1v) is 9.35. The third kappa shape index (κ3) is 9.32. The van der Waals surface area contributed by atoms with Gasteiger partial charge in [-0.05, 0) is 0 Å². The Labute approximate surface area is 185 Å². The fourth-order valence-electron chi connectivity index (χ4n) is 2.49. The fourth-order valence-corrected chi connectivity index (χ4v) is 2.49. The highest BCUT2D eigenvalue weighted by Gasteiger charge is 2.32. The number of amides is 3. The number of nitrogens with two attached hydrogens (primary N) is 1. The van der Waals surface area contributed by atoms with Gasteiger partial charge in [0.1, 0.15) is 24.2 Å². The molecule has 1 rings (SSSR count). The molecule has 10 N–H and O–H groups in total. The number of hydrogen-bond donors (Lipinski definition) is 9. The minimum atomic E-state index is -1.81. The number of H-pyrrole nitrogens is 1. The van der Waals surface area contributed by atoms with Crippen molar-refractivity contribution in [1.82, 2.24) is 25.9 Å². The Morgan fingerprint density at radius 1 is 0.879 bits per heavy atom. The van der Waals surface area contributed by atoms with Crippen LogP contribution in [-0.2, 0) is 35.2 Å². The van der Waals surface area contributed by atoms with Gasteiger partial charge in [-0.3, -0.25) is 24.0 Å². The van der Waals surface area contributed by atoms with Crippen LogP contribution in [0, 0.1) is 0 Å². The number of aliphatic hydroxyl groups excluding tert-OH is 1. The lowest BCUT2D eigenvalue weighted by Crippen LogP contribution is -2.58. The number of carbonyl (C=O) groups excluding carboxylic acids is 3. The monoisotopic (exact) mass is 472 g/mol. The molecule has 0 aromatic carbocycles. The lowest BCUT2D eigenvalue weighted by Gasteiger charge is -2.24. The molecule has 0 spiro atoms. The van der Waals surface area contributed by atoms with E-state index in [9.17, 15) is 28.8 Å². The smallest absolute Gasteiger partial charge is 0.326 e. The summed E-state index contributed by atoms with van der Waals surface area (Å²) >= 11 is 0. The number of carbonyl (C=O) groups is 6. The molecule has 0 aliphatic rings. The molecule has 182 valence electrons. The Hall–Kier alpha value is -4.05. The van der Waals surface area contributed by atoms with E-state index in [-0.39, 0.29) is 6.42 Å². The Morgan fingerprint density at radius 3 is 1.88 bits per heavy atom. The van der Waals surface area contributed by atoms with Crippen molar-refractivity contribution in [3.63, 3.8) is 0 Å². The summed E-state index contributed by atoms with van der Waals surface area (Å²) in [6.07, 6.45) is 0.462. The van der Waals surface area contributed by atoms with Crippen LogP contribution in [0.15, 0.2) is 12.5 Å². The fraction of sp³-hybridized carbons (Fsp3) is 0.471. The third-order valence-electron chi connectivity index (χ3n) is 4.15. The van der Waals surface area contributed by atoms with Crippen molar-refractivity contribution in [2.24, 2.45) is 5.73 Å². The van der Waals surface area contributed by atoms with Gasteiger partial charge in [0, 0.05) is 18.3 Å². The standard InChI is InChI=1S/C17H24N6O10/c18-8(5-24)14(29)21-10(2-12(25)26)16(31)22-9(1-7-4-19-6-20-7)15(30)23-11(17(32)33)3-13(27)28/h4,6,8-11,24H,1-3,5,18H2,(H,19,20)(H,21,29)(H,22,31)(H,23,30)(H,25,26)(H,27,28)(H,32,33). The lowest BCUT2D eigenvalue weighted by atomic mass is 10.1. The molecule has 16 heteroatoms. The van der Waals surface area contributed by atoms with Crippen LogP contribution >= 0.6 is 0 Å². The van der Waals surface area contributed by atoms with Crippen LogP contribution in [0.25, 0.3) is 0 Å². The summed E-state index contributed by atoms with van der Waals surface area (Å²) in [5.41, 5.74) is 5.66. The predicted octanol–water partition coefficient (Wildman–Crippen LogP) is -4.24. The zero-order valence-electron chi connectivity index (χ0n) is 17.1. The number of aliphatic carboxylic acids is 3. The van der Waals surface area contributed by atoms with Gasteiger partial charge in [-0.2, -0.15) is 0 Å². The summed E-state index contributed by atoms with van der Waals surface area (Å²) in [5, 5.41) is 42.2. The highest BCUT2D eigenvalue weighted by molar-refractivity contribution is 5.96. The van der Waals surface area contributed by atoms with Crippen LogP contribution in [0.4, 0.5) is 0 Å². The molecule has 1 heterocycles. The van der Waals surface area contributed by atoms with E-state index in [2.05, 4.69) is 15.3 Å². The first-order chi connectivity index (χ1) is 15.4. The molecular formula is C17H24N6O10. The van der Waals surface area contributed by atoms with Crippen LogP contribution in [0.5, 0.6) is 0 Å². The number of carboxylic acids is 3. The van der Waals surface area contributed by atoms with Crippen molar-refractivity contribution in [2.45, 2.75) is 43.4 Å². The molecule has 1 aromatic heterocycles. The molecule has 4 unspecified atom stereocenters. The second kappa shape index (κ2) is 12.7. The maximum Gasteiger partial charge on any atom is 0.326 e. The number of nitrogens with zero attached hydrogens (tertiary/aromatic N) is 1. The Morgan fingerprint density at radius 2 is 1.39 bits per heavy atom. The number of nitrogens with one attached hydrogen (secondary N) is 4. The number of hydrogen-bond acceptors (Lipinski definition) is 9. The average Bonchev–Trinajstić information content (AvgIpc) is 3.23. The van der Waals surface area contributed by atoms with E-state index in [1.807, 2.05) is 10.6 Å². The zero-order valence-corrected chi connectivity index (χ0v) is 17.1. The molecule has 0 aliphatic carbocycles. The quantitative estimate of drug-likeness (QED) is 0.124. The molecule has 33 heavy (non-hydrogen) atoms. The van der Waals surface area contributed by atoms with Gasteiger partial charge < -0.3 is 47.1 Å². The number of carboxylic acid groups (broad SMARTS) is 3. The number of aromatic nitrogens is 2. The van der Waals surface area contributed by atoms with E-state index in [4.69, 9.17) is 26.2 Å². The van der Waals surface area contributed by atoms with Gasteiger partial charge in [0.15, 0.2) is 0 Å². The molecule has 0 saturated carbocycles. The maximum atomic E-state index is 12.7. The molecule has 0 radical (unpaired) electrons. The third-order valence-corrected chi connectivity index (χ3v) is 4.15. The van der Waals surface area contributed by atoms with E-state index in [0.717, 1.165) is 0 Å². The van der Waals surface area contributed by atoms with E-state index in [1.165, 1.54) is 12.5 Å². The molecule has 1 aromatic rings. The lowest BCUT2D eigenvalue weighted by molar-refractivity contribution is -0.147. The highest BCUT2D eigenvalue weighted by Crippen LogP contribution is 2.04. The summed E-state index contributed by atoms with van der Waals surface area (Å²) in [5.74, 6) is -7.84. The Balaban J connectivity index is 3.08. The minimum absolute atomic E-state index is 0.263. The number of rotatable bonds is 14. The number of aliphatic hydroxyl groups is 1. The molecular weight excluding hydrogens is 448 g/mol. The van der Waals surface area contributed by atoms with Crippen molar-refractivity contribution < 1.29 is 49.2 Å². The Bertz CT molecular complexity index is 874. The topological polar surface area (TPSA) is 274 Å². The van der Waals surface area contributed by atoms with Crippen molar-refractivity contribution in [2.75, 3.05) is 6.61 Å². The van der Waals surface area contributed by atoms with E-state index < -0.39 is 79.2 Å². The molecule has 0 aliphatic heterocycles. The second-order valence-corrected chi connectivity index (χ2v) is 6.79. The minimum Gasteiger partial charge on any atom is -0.481 e. The van der Waals surface area contributed by atoms with Crippen molar-refractivity contribution in [1.29, 1.82) is 0 Å². The highest BCUT2D eigenvalue weighted by atomic mass is 16.4. The van der Waals surface area contributed by atoms with Crippen molar-refractivity contribution in [3.8, 4) is 0 Å². The molecule has 4 atom stereocenters. The number of imidazole rings is 1. The summed E-state index contributed by atoms with van der Waals surface area (Å²) < 4.78 is 0. The summed E-state index contributed by atoms with van der Waals surface area (Å²) in [4.78, 5) is 76.8. The van der Waals surface area contributed by atoms with Gasteiger partial charge in [-0.15, -0.1) is 0 Å².